The summed E-state index contributed by atoms with van der Waals surface area (Å²) < 4.78 is 40.1. The first-order valence-corrected chi connectivity index (χ1v) is 9.73. The molecule has 7 heteroatoms. The number of rotatable bonds is 3. The predicted octanol–water partition coefficient (Wildman–Crippen LogP) is 4.86. The van der Waals surface area contributed by atoms with E-state index in [4.69, 9.17) is 0 Å². The Balaban J connectivity index is 1.69. The summed E-state index contributed by atoms with van der Waals surface area (Å²) in [6, 6.07) is 12.2. The highest BCUT2D eigenvalue weighted by atomic mass is 19.4. The van der Waals surface area contributed by atoms with Crippen molar-refractivity contribution >= 4 is 23.0 Å². The lowest BCUT2D eigenvalue weighted by atomic mass is 10.00. The van der Waals surface area contributed by atoms with Crippen LogP contribution in [0.15, 0.2) is 53.5 Å². The molecule has 29 heavy (non-hydrogen) atoms. The number of para-hydroxylation sites is 2. The van der Waals surface area contributed by atoms with Gasteiger partial charge in [-0.2, -0.15) is 13.2 Å². The maximum atomic E-state index is 13.4. The average molecular weight is 401 g/mol. The molecule has 0 N–H and O–H groups in total. The van der Waals surface area contributed by atoms with Gasteiger partial charge in [0.2, 0.25) is 0 Å². The van der Waals surface area contributed by atoms with Crippen LogP contribution >= 0.6 is 0 Å². The second-order valence-electron chi connectivity index (χ2n) is 7.67. The Morgan fingerprint density at radius 3 is 2.41 bits per heavy atom. The molecule has 0 unspecified atom stereocenters. The number of halogens is 3. The van der Waals surface area contributed by atoms with Crippen LogP contribution in [-0.4, -0.2) is 36.3 Å². The Morgan fingerprint density at radius 2 is 1.69 bits per heavy atom. The molecule has 1 fully saturated rings. The van der Waals surface area contributed by atoms with Gasteiger partial charge in [0, 0.05) is 18.7 Å². The Morgan fingerprint density at radius 1 is 1.03 bits per heavy atom. The van der Waals surface area contributed by atoms with Crippen LogP contribution in [0.25, 0.3) is 0 Å². The van der Waals surface area contributed by atoms with Gasteiger partial charge in [0.05, 0.1) is 23.6 Å². The van der Waals surface area contributed by atoms with E-state index in [0.717, 1.165) is 32.0 Å². The number of carbonyl (C=O) groups excluding carboxylic acids is 1. The molecule has 4 rings (SSSR count). The molecule has 0 aromatic heterocycles. The first-order valence-electron chi connectivity index (χ1n) is 9.73. The maximum absolute atomic E-state index is 13.4. The summed E-state index contributed by atoms with van der Waals surface area (Å²) in [5.41, 5.74) is 0.231. The molecule has 0 radical (unpaired) electrons. The zero-order valence-corrected chi connectivity index (χ0v) is 16.1. The van der Waals surface area contributed by atoms with E-state index < -0.39 is 11.7 Å². The van der Waals surface area contributed by atoms with Crippen molar-refractivity contribution in [1.82, 2.24) is 4.90 Å². The Hall–Kier alpha value is -2.67. The summed E-state index contributed by atoms with van der Waals surface area (Å²) in [6.07, 6.45) is -2.39. The molecule has 2 aromatic rings. The summed E-state index contributed by atoms with van der Waals surface area (Å²) in [4.78, 5) is 21.2. The van der Waals surface area contributed by atoms with E-state index >= 15 is 0 Å². The Kier molecular flexibility index (Phi) is 5.17. The van der Waals surface area contributed by atoms with Gasteiger partial charge in [-0.3, -0.25) is 14.6 Å². The molecular weight excluding hydrogens is 379 g/mol. The third-order valence-electron chi connectivity index (χ3n) is 5.56. The standard InChI is InChI=1S/C22H22F3N3O/c1-15-10-12-27(13-11-15)14-28-19-9-5-2-6-16(19)20(21(28)29)26-18-8-4-3-7-17(18)22(23,24)25/h2-9,15H,10-14H2,1H3. The highest BCUT2D eigenvalue weighted by Gasteiger charge is 2.37. The molecule has 152 valence electrons. The van der Waals surface area contributed by atoms with Gasteiger partial charge < -0.3 is 0 Å². The monoisotopic (exact) mass is 401 g/mol. The molecule has 2 heterocycles. The summed E-state index contributed by atoms with van der Waals surface area (Å²) in [5.74, 6) is 0.311. The smallest absolute Gasteiger partial charge is 0.293 e. The molecular formula is C22H22F3N3O. The van der Waals surface area contributed by atoms with Crippen molar-refractivity contribution in [2.75, 3.05) is 24.7 Å². The van der Waals surface area contributed by atoms with Gasteiger partial charge in [-0.15, -0.1) is 0 Å². The fourth-order valence-corrected chi connectivity index (χ4v) is 3.84. The number of alkyl halides is 3. The van der Waals surface area contributed by atoms with Crippen LogP contribution in [0.5, 0.6) is 0 Å². The Bertz CT molecular complexity index is 946. The number of aliphatic imine (C=N–C) groups is 1. The van der Waals surface area contributed by atoms with Crippen LogP contribution in [0.2, 0.25) is 0 Å². The molecule has 2 aliphatic heterocycles. The van der Waals surface area contributed by atoms with Crippen LogP contribution in [0.1, 0.15) is 30.9 Å². The van der Waals surface area contributed by atoms with E-state index in [1.54, 1.807) is 17.0 Å². The maximum Gasteiger partial charge on any atom is 0.418 e. The summed E-state index contributed by atoms with van der Waals surface area (Å²) in [5, 5.41) is 0. The van der Waals surface area contributed by atoms with Crippen molar-refractivity contribution in [1.29, 1.82) is 0 Å². The summed E-state index contributed by atoms with van der Waals surface area (Å²) in [6.45, 7) is 4.44. The predicted molar refractivity (Wildman–Crippen MR) is 106 cm³/mol. The van der Waals surface area contributed by atoms with Crippen LogP contribution in [0.3, 0.4) is 0 Å². The third kappa shape index (κ3) is 3.92. The second kappa shape index (κ2) is 7.63. The summed E-state index contributed by atoms with van der Waals surface area (Å²) >= 11 is 0. The van der Waals surface area contributed by atoms with Crippen LogP contribution in [0.4, 0.5) is 24.5 Å². The fraction of sp³-hybridized carbons (Fsp3) is 0.364. The number of benzene rings is 2. The molecule has 2 aromatic carbocycles. The zero-order chi connectivity index (χ0) is 20.6. The van der Waals surface area contributed by atoms with Crippen LogP contribution in [0, 0.1) is 5.92 Å². The number of amides is 1. The normalized spacial score (nSPS) is 19.8. The minimum atomic E-state index is -4.54. The minimum absolute atomic E-state index is 0.0580. The number of carbonyl (C=O) groups is 1. The molecule has 0 aliphatic carbocycles. The zero-order valence-electron chi connectivity index (χ0n) is 16.1. The van der Waals surface area contributed by atoms with Crippen LogP contribution in [-0.2, 0) is 11.0 Å². The van der Waals surface area contributed by atoms with Gasteiger partial charge in [-0.05, 0) is 37.0 Å². The van der Waals surface area contributed by atoms with Crippen molar-refractivity contribution in [2.24, 2.45) is 10.9 Å². The van der Waals surface area contributed by atoms with E-state index in [-0.39, 0.29) is 17.3 Å². The van der Waals surface area contributed by atoms with Gasteiger partial charge in [-0.25, -0.2) is 4.99 Å². The fourth-order valence-electron chi connectivity index (χ4n) is 3.84. The Labute approximate surface area is 167 Å². The second-order valence-corrected chi connectivity index (χ2v) is 7.67. The van der Waals surface area contributed by atoms with E-state index in [1.807, 2.05) is 12.1 Å². The minimum Gasteiger partial charge on any atom is -0.293 e. The molecule has 4 nitrogen and oxygen atoms in total. The van der Waals surface area contributed by atoms with Gasteiger partial charge in [-0.1, -0.05) is 37.3 Å². The van der Waals surface area contributed by atoms with Gasteiger partial charge in [0.1, 0.15) is 5.71 Å². The van der Waals surface area contributed by atoms with E-state index in [1.165, 1.54) is 18.2 Å². The molecule has 0 atom stereocenters. The number of hydrogen-bond donors (Lipinski definition) is 0. The number of anilines is 1. The lowest BCUT2D eigenvalue weighted by molar-refractivity contribution is -0.137. The number of piperidine rings is 1. The van der Waals surface area contributed by atoms with Crippen molar-refractivity contribution in [2.45, 2.75) is 25.9 Å². The van der Waals surface area contributed by atoms with Crippen molar-refractivity contribution in [3.05, 3.63) is 59.7 Å². The van der Waals surface area contributed by atoms with Crippen molar-refractivity contribution in [3.63, 3.8) is 0 Å². The van der Waals surface area contributed by atoms with Crippen molar-refractivity contribution in [3.8, 4) is 0 Å². The largest absolute Gasteiger partial charge is 0.418 e. The van der Waals surface area contributed by atoms with Crippen molar-refractivity contribution < 1.29 is 18.0 Å². The van der Waals surface area contributed by atoms with E-state index in [9.17, 15) is 18.0 Å². The lowest BCUT2D eigenvalue weighted by Crippen LogP contribution is -2.44. The van der Waals surface area contributed by atoms with Gasteiger partial charge in [0.15, 0.2) is 0 Å². The lowest BCUT2D eigenvalue weighted by Gasteiger charge is -2.33. The van der Waals surface area contributed by atoms with Crippen LogP contribution < -0.4 is 4.90 Å². The SMILES string of the molecule is CC1CCN(CN2C(=O)C(=Nc3ccccc3C(F)(F)F)c3ccccc32)CC1. The number of fused-ring (bicyclic) bond motifs is 1. The van der Waals surface area contributed by atoms with E-state index in [0.29, 0.717) is 23.8 Å². The molecule has 0 spiro atoms. The highest BCUT2D eigenvalue weighted by molar-refractivity contribution is 6.54. The number of nitrogens with zero attached hydrogens (tertiary/aromatic N) is 3. The third-order valence-corrected chi connectivity index (χ3v) is 5.56. The topological polar surface area (TPSA) is 35.9 Å². The molecule has 1 saturated heterocycles. The number of likely N-dealkylation sites (tertiary alicyclic amines) is 1. The quantitative estimate of drug-likeness (QED) is 0.736. The first kappa shape index (κ1) is 19.6. The van der Waals surface area contributed by atoms with Gasteiger partial charge >= 0.3 is 6.18 Å². The van der Waals surface area contributed by atoms with Gasteiger partial charge in [0.25, 0.3) is 5.91 Å². The van der Waals surface area contributed by atoms with E-state index in [2.05, 4.69) is 16.8 Å². The molecule has 2 aliphatic rings. The number of hydrogen-bond acceptors (Lipinski definition) is 3. The first-order chi connectivity index (χ1) is 13.8. The highest BCUT2D eigenvalue weighted by Crippen LogP contribution is 2.38. The molecule has 0 saturated carbocycles. The molecule has 0 bridgehead atoms. The average Bonchev–Trinajstić information content (AvgIpc) is 2.95. The summed E-state index contributed by atoms with van der Waals surface area (Å²) in [7, 11) is 0. The molecule has 1 amide bonds.